The number of nitrogens with zero attached hydrogens (tertiary/aromatic N) is 3. The summed E-state index contributed by atoms with van der Waals surface area (Å²) in [5, 5.41) is 12.1. The Bertz CT molecular complexity index is 1010. The average Bonchev–Trinajstić information content (AvgIpc) is 3.67. The lowest BCUT2D eigenvalue weighted by molar-refractivity contribution is -0.115. The summed E-state index contributed by atoms with van der Waals surface area (Å²) in [5.74, 6) is 1.09. The zero-order valence-corrected chi connectivity index (χ0v) is 16.6. The third kappa shape index (κ3) is 4.05. The molecule has 0 saturated heterocycles. The third-order valence-corrected chi connectivity index (χ3v) is 6.43. The Morgan fingerprint density at radius 1 is 1.03 bits per heavy atom. The topological polar surface area (TPSA) is 59.8 Å². The van der Waals surface area contributed by atoms with Crippen molar-refractivity contribution in [1.82, 2.24) is 14.8 Å². The fourth-order valence-electron chi connectivity index (χ4n) is 3.41. The number of aromatic nitrogens is 3. The Balaban J connectivity index is 1.44. The molecule has 1 amide bonds. The molecule has 2 fully saturated rings. The molecule has 0 aliphatic heterocycles. The lowest BCUT2D eigenvalue weighted by Crippen LogP contribution is -2.19. The van der Waals surface area contributed by atoms with Crippen LogP contribution in [0.25, 0.3) is 0 Å². The Kier molecular flexibility index (Phi) is 4.83. The van der Waals surface area contributed by atoms with E-state index in [9.17, 15) is 9.18 Å². The molecule has 2 aliphatic rings. The summed E-state index contributed by atoms with van der Waals surface area (Å²) in [4.78, 5) is 13.2. The van der Waals surface area contributed by atoms with E-state index in [-0.39, 0.29) is 11.7 Å². The van der Waals surface area contributed by atoms with Crippen molar-refractivity contribution < 1.29 is 9.18 Å². The number of amides is 1. The van der Waals surface area contributed by atoms with Gasteiger partial charge in [0, 0.05) is 17.6 Å². The lowest BCUT2D eigenvalue weighted by Gasteiger charge is -2.17. The van der Waals surface area contributed by atoms with Gasteiger partial charge in [-0.15, -0.1) is 10.2 Å². The molecule has 0 bridgehead atoms. The number of carbonyl (C=O) groups excluding carboxylic acids is 1. The first-order valence-corrected chi connectivity index (χ1v) is 10.8. The molecule has 0 unspecified atom stereocenters. The number of anilines is 1. The number of rotatable bonds is 7. The zero-order valence-electron chi connectivity index (χ0n) is 15.8. The van der Waals surface area contributed by atoms with E-state index in [0.717, 1.165) is 29.4 Å². The SMILES string of the molecule is O=C(Nc1ccc(F)cc1)[C@@H](Sc1nnc(C2CC2)n1C1CC1)c1ccccc1. The van der Waals surface area contributed by atoms with Gasteiger partial charge in [-0.05, 0) is 55.5 Å². The highest BCUT2D eigenvalue weighted by Gasteiger charge is 2.37. The first kappa shape index (κ1) is 18.4. The molecule has 1 aromatic heterocycles. The van der Waals surface area contributed by atoms with Crippen LogP contribution >= 0.6 is 11.8 Å². The van der Waals surface area contributed by atoms with Crippen molar-refractivity contribution in [1.29, 1.82) is 0 Å². The largest absolute Gasteiger partial charge is 0.325 e. The maximum absolute atomic E-state index is 13.2. The summed E-state index contributed by atoms with van der Waals surface area (Å²) in [6.07, 6.45) is 4.62. The molecule has 0 radical (unpaired) electrons. The van der Waals surface area contributed by atoms with Crippen LogP contribution in [0.5, 0.6) is 0 Å². The van der Waals surface area contributed by atoms with Crippen molar-refractivity contribution in [2.24, 2.45) is 0 Å². The molecule has 5 rings (SSSR count). The highest BCUT2D eigenvalue weighted by Crippen LogP contribution is 2.47. The van der Waals surface area contributed by atoms with Gasteiger partial charge < -0.3 is 9.88 Å². The van der Waals surface area contributed by atoms with Crippen molar-refractivity contribution in [3.63, 3.8) is 0 Å². The van der Waals surface area contributed by atoms with E-state index in [0.29, 0.717) is 17.6 Å². The fraction of sp³-hybridized carbons (Fsp3) is 0.318. The van der Waals surface area contributed by atoms with Gasteiger partial charge in [0.2, 0.25) is 5.91 Å². The predicted octanol–water partition coefficient (Wildman–Crippen LogP) is 5.10. The number of hydrogen-bond acceptors (Lipinski definition) is 4. The number of hydrogen-bond donors (Lipinski definition) is 1. The van der Waals surface area contributed by atoms with Gasteiger partial charge in [-0.2, -0.15) is 0 Å². The summed E-state index contributed by atoms with van der Waals surface area (Å²) in [6.45, 7) is 0. The Morgan fingerprint density at radius 2 is 1.76 bits per heavy atom. The van der Waals surface area contributed by atoms with Crippen molar-refractivity contribution >= 4 is 23.4 Å². The third-order valence-electron chi connectivity index (χ3n) is 5.22. The summed E-state index contributed by atoms with van der Waals surface area (Å²) in [5.41, 5.74) is 1.47. The predicted molar refractivity (Wildman–Crippen MR) is 110 cm³/mol. The quantitative estimate of drug-likeness (QED) is 0.553. The van der Waals surface area contributed by atoms with Gasteiger partial charge in [0.05, 0.1) is 0 Å². The standard InChI is InChI=1S/C22H21FN4OS/c23-16-8-10-17(11-9-16)24-21(28)19(14-4-2-1-3-5-14)29-22-26-25-20(15-6-7-15)27(22)18-12-13-18/h1-5,8-11,15,18-19H,6-7,12-13H2,(H,24,28)/t19-/m0/s1. The van der Waals surface area contributed by atoms with E-state index in [2.05, 4.69) is 20.1 Å². The molecule has 5 nitrogen and oxygen atoms in total. The Labute approximate surface area is 172 Å². The molecule has 1 heterocycles. The molecule has 2 aromatic carbocycles. The van der Waals surface area contributed by atoms with Crippen molar-refractivity contribution in [2.75, 3.05) is 5.32 Å². The van der Waals surface area contributed by atoms with Crippen molar-refractivity contribution in [2.45, 2.75) is 48.0 Å². The molecule has 148 valence electrons. The lowest BCUT2D eigenvalue weighted by atomic mass is 10.1. The zero-order chi connectivity index (χ0) is 19.8. The molecule has 7 heteroatoms. The first-order chi connectivity index (χ1) is 14.2. The second-order valence-corrected chi connectivity index (χ2v) is 8.69. The van der Waals surface area contributed by atoms with Crippen LogP contribution in [0, 0.1) is 5.82 Å². The molecular weight excluding hydrogens is 387 g/mol. The normalized spacial score (nSPS) is 17.1. The number of halogens is 1. The van der Waals surface area contributed by atoms with E-state index in [1.54, 1.807) is 12.1 Å². The van der Waals surface area contributed by atoms with Crippen LogP contribution in [0.2, 0.25) is 0 Å². The summed E-state index contributed by atoms with van der Waals surface area (Å²) < 4.78 is 15.5. The van der Waals surface area contributed by atoms with E-state index in [4.69, 9.17) is 0 Å². The minimum atomic E-state index is -0.477. The smallest absolute Gasteiger partial charge is 0.242 e. The van der Waals surface area contributed by atoms with Crippen LogP contribution < -0.4 is 5.32 Å². The monoisotopic (exact) mass is 408 g/mol. The second-order valence-electron chi connectivity index (χ2n) is 7.62. The summed E-state index contributed by atoms with van der Waals surface area (Å²) in [6, 6.07) is 15.9. The summed E-state index contributed by atoms with van der Waals surface area (Å²) in [7, 11) is 0. The van der Waals surface area contributed by atoms with Crippen LogP contribution in [-0.2, 0) is 4.79 Å². The molecule has 1 atom stereocenters. The molecule has 3 aromatic rings. The number of carbonyl (C=O) groups is 1. The van der Waals surface area contributed by atoms with E-state index in [1.807, 2.05) is 30.3 Å². The van der Waals surface area contributed by atoms with Crippen LogP contribution in [0.4, 0.5) is 10.1 Å². The molecule has 29 heavy (non-hydrogen) atoms. The molecule has 2 aliphatic carbocycles. The highest BCUT2D eigenvalue weighted by atomic mass is 32.2. The molecular formula is C22H21FN4OS. The minimum absolute atomic E-state index is 0.161. The van der Waals surface area contributed by atoms with E-state index >= 15 is 0 Å². The molecule has 2 saturated carbocycles. The van der Waals surface area contributed by atoms with Gasteiger partial charge in [0.15, 0.2) is 5.16 Å². The van der Waals surface area contributed by atoms with Gasteiger partial charge in [-0.25, -0.2) is 4.39 Å². The molecule has 1 N–H and O–H groups in total. The van der Waals surface area contributed by atoms with E-state index < -0.39 is 5.25 Å². The Morgan fingerprint density at radius 3 is 2.41 bits per heavy atom. The van der Waals surface area contributed by atoms with Gasteiger partial charge >= 0.3 is 0 Å². The van der Waals surface area contributed by atoms with Gasteiger partial charge in [0.25, 0.3) is 0 Å². The van der Waals surface area contributed by atoms with Crippen LogP contribution in [-0.4, -0.2) is 20.7 Å². The Hall–Kier alpha value is -2.67. The second kappa shape index (κ2) is 7.63. The van der Waals surface area contributed by atoms with Crippen molar-refractivity contribution in [3.8, 4) is 0 Å². The van der Waals surface area contributed by atoms with E-state index in [1.165, 1.54) is 36.7 Å². The maximum Gasteiger partial charge on any atom is 0.242 e. The fourth-order valence-corrected chi connectivity index (χ4v) is 4.53. The molecule has 0 spiro atoms. The average molecular weight is 409 g/mol. The number of nitrogens with one attached hydrogen (secondary N) is 1. The van der Waals surface area contributed by atoms with Gasteiger partial charge in [0.1, 0.15) is 16.9 Å². The minimum Gasteiger partial charge on any atom is -0.325 e. The van der Waals surface area contributed by atoms with Gasteiger partial charge in [-0.3, -0.25) is 4.79 Å². The number of benzene rings is 2. The van der Waals surface area contributed by atoms with Crippen molar-refractivity contribution in [3.05, 3.63) is 71.8 Å². The van der Waals surface area contributed by atoms with Crippen LogP contribution in [0.15, 0.2) is 59.8 Å². The van der Waals surface area contributed by atoms with Crippen LogP contribution in [0.1, 0.15) is 54.3 Å². The first-order valence-electron chi connectivity index (χ1n) is 9.92. The summed E-state index contributed by atoms with van der Waals surface area (Å²) >= 11 is 1.44. The number of thioether (sulfide) groups is 1. The van der Waals surface area contributed by atoms with Crippen LogP contribution in [0.3, 0.4) is 0 Å². The maximum atomic E-state index is 13.2. The van der Waals surface area contributed by atoms with Gasteiger partial charge in [-0.1, -0.05) is 42.1 Å². The highest BCUT2D eigenvalue weighted by molar-refractivity contribution is 8.00.